The molecule has 0 saturated heterocycles. The lowest BCUT2D eigenvalue weighted by Crippen LogP contribution is -2.25. The average Bonchev–Trinajstić information content (AvgIpc) is 3.01. The Morgan fingerprint density at radius 3 is 1.62 bits per heavy atom. The topological polar surface area (TPSA) is 9.23 Å². The summed E-state index contributed by atoms with van der Waals surface area (Å²) in [6, 6.07) is 13.6. The van der Waals surface area contributed by atoms with Crippen LogP contribution in [0.3, 0.4) is 0 Å². The van der Waals surface area contributed by atoms with Gasteiger partial charge in [-0.05, 0) is 71.0 Å². The molecule has 0 heterocycles. The van der Waals surface area contributed by atoms with Crippen LogP contribution in [0.5, 0.6) is 5.75 Å². The van der Waals surface area contributed by atoms with E-state index in [1.165, 1.54) is 18.6 Å². The molecule has 1 nitrogen and oxygen atoms in total. The van der Waals surface area contributed by atoms with Gasteiger partial charge in [0.25, 0.3) is 0 Å². The molecule has 0 fully saturated rings. The lowest BCUT2D eigenvalue weighted by atomic mass is 9.95. The zero-order valence-corrected chi connectivity index (χ0v) is 25.2. The molecule has 0 spiro atoms. The molecule has 0 atom stereocenters. The number of unbranched alkanes of at least 4 members (excludes halogenated alkanes) is 3. The van der Waals surface area contributed by atoms with E-state index in [9.17, 15) is 30.7 Å². The minimum absolute atomic E-state index is 0.0342. The molecule has 11 heteroatoms. The van der Waals surface area contributed by atoms with Gasteiger partial charge in [-0.15, -0.1) is 0 Å². The molecule has 0 unspecified atom stereocenters. The minimum Gasteiger partial charge on any atom is -0.429 e. The summed E-state index contributed by atoms with van der Waals surface area (Å²) in [5.74, 6) is -14.7. The number of aryl methyl sites for hydroxylation is 1. The van der Waals surface area contributed by atoms with Crippen LogP contribution in [0.25, 0.3) is 33.4 Å². The van der Waals surface area contributed by atoms with Crippen LogP contribution >= 0.6 is 0 Å². The number of rotatable bonds is 11. The fourth-order valence-electron chi connectivity index (χ4n) is 5.34. The second-order valence-corrected chi connectivity index (χ2v) is 11.2. The number of hydrogen-bond donors (Lipinski definition) is 0. The zero-order chi connectivity index (χ0) is 34.7. The van der Waals surface area contributed by atoms with Gasteiger partial charge in [-0.3, -0.25) is 0 Å². The van der Waals surface area contributed by atoms with Gasteiger partial charge in [0.2, 0.25) is 0 Å². The Morgan fingerprint density at radius 1 is 0.521 bits per heavy atom. The first-order chi connectivity index (χ1) is 22.8. The van der Waals surface area contributed by atoms with Crippen LogP contribution < -0.4 is 4.74 Å². The lowest BCUT2D eigenvalue weighted by molar-refractivity contribution is -0.189. The summed E-state index contributed by atoms with van der Waals surface area (Å²) in [6.07, 6.45) is 0.524. The highest BCUT2D eigenvalue weighted by Crippen LogP contribution is 2.39. The molecular formula is C37H26F10O. The summed E-state index contributed by atoms with van der Waals surface area (Å²) in [5, 5.41) is 0. The first-order valence-electron chi connectivity index (χ1n) is 14.9. The van der Waals surface area contributed by atoms with Crippen molar-refractivity contribution in [2.45, 2.75) is 45.1 Å². The monoisotopic (exact) mass is 676 g/mol. The fourth-order valence-corrected chi connectivity index (χ4v) is 5.34. The zero-order valence-electron chi connectivity index (χ0n) is 25.2. The Labute approximate surface area is 269 Å². The molecule has 0 aliphatic carbocycles. The van der Waals surface area contributed by atoms with E-state index in [0.717, 1.165) is 48.9 Å². The van der Waals surface area contributed by atoms with Gasteiger partial charge in [0, 0.05) is 17.7 Å². The maximum atomic E-state index is 15.2. The molecule has 5 aromatic carbocycles. The summed E-state index contributed by atoms with van der Waals surface area (Å²) < 4.78 is 149. The minimum atomic E-state index is -4.90. The van der Waals surface area contributed by atoms with Crippen molar-refractivity contribution in [2.24, 2.45) is 0 Å². The third-order valence-corrected chi connectivity index (χ3v) is 7.75. The van der Waals surface area contributed by atoms with Crippen molar-refractivity contribution in [3.05, 3.63) is 137 Å². The number of hydrogen-bond acceptors (Lipinski definition) is 1. The average molecular weight is 677 g/mol. The second kappa shape index (κ2) is 14.1. The van der Waals surface area contributed by atoms with E-state index in [1.807, 2.05) is 24.3 Å². The third-order valence-electron chi connectivity index (χ3n) is 7.75. The lowest BCUT2D eigenvalue weighted by Gasteiger charge is -2.20. The number of halogens is 10. The van der Waals surface area contributed by atoms with Crippen molar-refractivity contribution in [1.82, 2.24) is 0 Å². The van der Waals surface area contributed by atoms with Gasteiger partial charge in [-0.2, -0.15) is 8.78 Å². The predicted molar refractivity (Wildman–Crippen MR) is 161 cm³/mol. The maximum absolute atomic E-state index is 15.2. The SMILES string of the molecule is CCCCCCc1ccc(-c2ccc(-c3cc(F)c(-c4cc(F)c(C(F)(F)Oc5cc(F)c(F)c(F)c5)c(F)c4)c(F)c3)c(F)c2)cc1. The van der Waals surface area contributed by atoms with E-state index in [1.54, 1.807) is 6.07 Å². The summed E-state index contributed by atoms with van der Waals surface area (Å²) >= 11 is 0. The van der Waals surface area contributed by atoms with Gasteiger partial charge < -0.3 is 4.74 Å². The van der Waals surface area contributed by atoms with Gasteiger partial charge >= 0.3 is 6.11 Å². The molecule has 0 aliphatic rings. The third kappa shape index (κ3) is 7.35. The Kier molecular flexibility index (Phi) is 10.2. The van der Waals surface area contributed by atoms with E-state index in [2.05, 4.69) is 11.7 Å². The van der Waals surface area contributed by atoms with Gasteiger partial charge in [-0.25, -0.2) is 35.1 Å². The number of alkyl halides is 2. The van der Waals surface area contributed by atoms with Crippen LogP contribution in [-0.4, -0.2) is 0 Å². The summed E-state index contributed by atoms with van der Waals surface area (Å²) in [4.78, 5) is 0. The van der Waals surface area contributed by atoms with Crippen molar-refractivity contribution >= 4 is 0 Å². The maximum Gasteiger partial charge on any atom is 0.432 e. The Hall–Kier alpha value is -4.80. The van der Waals surface area contributed by atoms with E-state index >= 15 is 13.2 Å². The highest BCUT2D eigenvalue weighted by molar-refractivity contribution is 5.75. The van der Waals surface area contributed by atoms with Crippen LogP contribution in [0.15, 0.2) is 78.9 Å². The second-order valence-electron chi connectivity index (χ2n) is 11.2. The predicted octanol–water partition coefficient (Wildman–Crippen LogP) is 12.1. The van der Waals surface area contributed by atoms with Gasteiger partial charge in [0.15, 0.2) is 17.5 Å². The first-order valence-corrected chi connectivity index (χ1v) is 14.9. The van der Waals surface area contributed by atoms with Crippen molar-refractivity contribution in [2.75, 3.05) is 0 Å². The molecule has 0 radical (unpaired) electrons. The van der Waals surface area contributed by atoms with Crippen LogP contribution in [-0.2, 0) is 12.5 Å². The Morgan fingerprint density at radius 2 is 1.06 bits per heavy atom. The molecule has 0 amide bonds. The molecule has 0 N–H and O–H groups in total. The van der Waals surface area contributed by atoms with Gasteiger partial charge in [0.1, 0.15) is 40.4 Å². The van der Waals surface area contributed by atoms with E-state index < -0.39 is 75.1 Å². The van der Waals surface area contributed by atoms with Crippen LogP contribution in [0, 0.1) is 46.5 Å². The van der Waals surface area contributed by atoms with Crippen molar-refractivity contribution < 1.29 is 48.6 Å². The molecule has 0 aromatic heterocycles. The smallest absolute Gasteiger partial charge is 0.429 e. The number of ether oxygens (including phenoxy) is 1. The van der Waals surface area contributed by atoms with Gasteiger partial charge in [-0.1, -0.05) is 62.6 Å². The summed E-state index contributed by atoms with van der Waals surface area (Å²) in [6.45, 7) is 2.14. The summed E-state index contributed by atoms with van der Waals surface area (Å²) in [5.41, 5.74) is -1.88. The standard InChI is InChI=1S/C37H26F10O/c1-2-3-4-5-6-20-7-9-21(10-8-20)22-11-12-26(27(38)13-22)23-14-28(39)34(29(40)15-23)24-16-30(41)35(31(42)17-24)37(46,47)48-25-18-32(43)36(45)33(44)19-25/h7-19H,2-6H2,1H3. The van der Waals surface area contributed by atoms with Crippen LogP contribution in [0.4, 0.5) is 43.9 Å². The van der Waals surface area contributed by atoms with Crippen molar-refractivity contribution in [3.63, 3.8) is 0 Å². The molecule has 250 valence electrons. The largest absolute Gasteiger partial charge is 0.432 e. The highest BCUT2D eigenvalue weighted by atomic mass is 19.3. The van der Waals surface area contributed by atoms with E-state index in [-0.39, 0.29) is 35.4 Å². The Balaban J connectivity index is 1.39. The van der Waals surface area contributed by atoms with Crippen LogP contribution in [0.1, 0.15) is 43.7 Å². The van der Waals surface area contributed by atoms with Crippen LogP contribution in [0.2, 0.25) is 0 Å². The van der Waals surface area contributed by atoms with E-state index in [0.29, 0.717) is 5.56 Å². The molecule has 0 bridgehead atoms. The quantitative estimate of drug-likeness (QED) is 0.0769. The normalized spacial score (nSPS) is 11.6. The number of benzene rings is 5. The van der Waals surface area contributed by atoms with Crippen molar-refractivity contribution in [1.29, 1.82) is 0 Å². The van der Waals surface area contributed by atoms with Gasteiger partial charge in [0.05, 0.1) is 5.56 Å². The van der Waals surface area contributed by atoms with Crippen molar-refractivity contribution in [3.8, 4) is 39.1 Å². The molecule has 5 aromatic rings. The summed E-state index contributed by atoms with van der Waals surface area (Å²) in [7, 11) is 0. The molecule has 48 heavy (non-hydrogen) atoms. The van der Waals surface area contributed by atoms with E-state index in [4.69, 9.17) is 0 Å². The molecule has 5 rings (SSSR count). The molecule has 0 aliphatic heterocycles. The molecular weight excluding hydrogens is 650 g/mol. The first kappa shape index (κ1) is 34.5. The fraction of sp³-hybridized carbons (Fsp3) is 0.189. The molecule has 0 saturated carbocycles. The highest BCUT2D eigenvalue weighted by Gasteiger charge is 2.42. The Bertz CT molecular complexity index is 1880.